The SMILES string of the molecule is Cc1cc(C)cc(N(CC(=O)N(Cc2ccccc2)[C@H](Cc2ccccc2)C(=O)NC(C)(C)C)S(=O)(=O)c2ccccc2)c1. The molecule has 2 amide bonds. The number of carbonyl (C=O) groups is 2. The summed E-state index contributed by atoms with van der Waals surface area (Å²) in [4.78, 5) is 30.0. The number of nitrogens with zero attached hydrogens (tertiary/aromatic N) is 2. The number of carbonyl (C=O) groups excluding carboxylic acids is 2. The zero-order chi connectivity index (χ0) is 31.9. The molecule has 8 heteroatoms. The van der Waals surface area contributed by atoms with Crippen molar-refractivity contribution in [2.45, 2.75) is 64.1 Å². The molecule has 0 radical (unpaired) electrons. The minimum absolute atomic E-state index is 0.0767. The molecule has 0 aromatic heterocycles. The molecule has 44 heavy (non-hydrogen) atoms. The molecular weight excluding hydrogens is 570 g/mol. The predicted octanol–water partition coefficient (Wildman–Crippen LogP) is 6.05. The Labute approximate surface area is 261 Å². The maximum absolute atomic E-state index is 14.5. The molecule has 230 valence electrons. The molecule has 4 aromatic carbocycles. The molecule has 0 saturated heterocycles. The Kier molecular flexibility index (Phi) is 10.3. The highest BCUT2D eigenvalue weighted by atomic mass is 32.2. The van der Waals surface area contributed by atoms with E-state index in [1.54, 1.807) is 30.3 Å². The van der Waals surface area contributed by atoms with Crippen molar-refractivity contribution >= 4 is 27.5 Å². The summed E-state index contributed by atoms with van der Waals surface area (Å²) in [5.74, 6) is -0.799. The first-order valence-electron chi connectivity index (χ1n) is 14.7. The van der Waals surface area contributed by atoms with E-state index >= 15 is 0 Å². The van der Waals surface area contributed by atoms with Crippen LogP contribution in [0, 0.1) is 13.8 Å². The third-order valence-electron chi connectivity index (χ3n) is 7.07. The van der Waals surface area contributed by atoms with Crippen LogP contribution in [0.15, 0.2) is 114 Å². The monoisotopic (exact) mass is 611 g/mol. The summed E-state index contributed by atoms with van der Waals surface area (Å²) in [5, 5.41) is 3.05. The van der Waals surface area contributed by atoms with Gasteiger partial charge in [0.15, 0.2) is 0 Å². The number of amides is 2. The van der Waals surface area contributed by atoms with Crippen molar-refractivity contribution in [3.63, 3.8) is 0 Å². The second kappa shape index (κ2) is 13.9. The normalized spacial score (nSPS) is 12.3. The van der Waals surface area contributed by atoms with Crippen molar-refractivity contribution in [2.24, 2.45) is 0 Å². The first-order chi connectivity index (χ1) is 20.8. The summed E-state index contributed by atoms with van der Waals surface area (Å²) in [6, 6.07) is 31.6. The Bertz CT molecular complexity index is 1650. The highest BCUT2D eigenvalue weighted by molar-refractivity contribution is 7.92. The van der Waals surface area contributed by atoms with Crippen LogP contribution >= 0.6 is 0 Å². The number of hydrogen-bond donors (Lipinski definition) is 1. The Hall–Kier alpha value is -4.43. The zero-order valence-electron chi connectivity index (χ0n) is 26.0. The summed E-state index contributed by atoms with van der Waals surface area (Å²) in [5.41, 5.74) is 3.29. The molecule has 0 spiro atoms. The summed E-state index contributed by atoms with van der Waals surface area (Å²) in [6.45, 7) is 9.09. The van der Waals surface area contributed by atoms with E-state index in [2.05, 4.69) is 5.32 Å². The van der Waals surface area contributed by atoms with E-state index in [1.165, 1.54) is 17.0 Å². The molecule has 0 bridgehead atoms. The van der Waals surface area contributed by atoms with Crippen LogP contribution in [-0.2, 0) is 32.6 Å². The first kappa shape index (κ1) is 32.5. The quantitative estimate of drug-likeness (QED) is 0.224. The van der Waals surface area contributed by atoms with Gasteiger partial charge in [0.25, 0.3) is 10.0 Å². The van der Waals surface area contributed by atoms with Gasteiger partial charge < -0.3 is 10.2 Å². The summed E-state index contributed by atoms with van der Waals surface area (Å²) in [6.07, 6.45) is 0.260. The van der Waals surface area contributed by atoms with Crippen molar-refractivity contribution in [2.75, 3.05) is 10.8 Å². The molecule has 0 aliphatic rings. The standard InChI is InChI=1S/C36H41N3O4S/c1-27-21-28(2)23-31(22-27)39(44(42,43)32-19-13-8-14-20-32)26-34(40)38(25-30-17-11-7-12-18-30)33(35(41)37-36(3,4)5)24-29-15-9-6-10-16-29/h6-23,33H,24-26H2,1-5H3,(H,37,41)/t33-/m1/s1. The lowest BCUT2D eigenvalue weighted by molar-refractivity contribution is -0.140. The number of hydrogen-bond acceptors (Lipinski definition) is 4. The van der Waals surface area contributed by atoms with Crippen LogP contribution in [0.5, 0.6) is 0 Å². The number of nitrogens with one attached hydrogen (secondary N) is 1. The fourth-order valence-electron chi connectivity index (χ4n) is 5.13. The van der Waals surface area contributed by atoms with Gasteiger partial charge in [-0.25, -0.2) is 8.42 Å². The number of aryl methyl sites for hydroxylation is 2. The Morgan fingerprint density at radius 3 is 1.77 bits per heavy atom. The van der Waals surface area contributed by atoms with Crippen molar-refractivity contribution < 1.29 is 18.0 Å². The van der Waals surface area contributed by atoms with Crippen molar-refractivity contribution in [1.29, 1.82) is 0 Å². The van der Waals surface area contributed by atoms with E-state index in [4.69, 9.17) is 0 Å². The molecule has 4 aromatic rings. The molecule has 0 heterocycles. The van der Waals surface area contributed by atoms with Crippen LogP contribution < -0.4 is 9.62 Å². The fourth-order valence-corrected chi connectivity index (χ4v) is 6.55. The molecule has 4 rings (SSSR count). The van der Waals surface area contributed by atoms with Crippen LogP contribution in [0.4, 0.5) is 5.69 Å². The Morgan fingerprint density at radius 2 is 1.25 bits per heavy atom. The first-order valence-corrected chi connectivity index (χ1v) is 16.1. The topological polar surface area (TPSA) is 86.8 Å². The van der Waals surface area contributed by atoms with Crippen LogP contribution in [0.1, 0.15) is 43.0 Å². The lowest BCUT2D eigenvalue weighted by atomic mass is 10.0. The minimum atomic E-state index is -4.14. The molecule has 7 nitrogen and oxygen atoms in total. The van der Waals surface area contributed by atoms with Gasteiger partial charge in [0.2, 0.25) is 11.8 Å². The van der Waals surface area contributed by atoms with Crippen molar-refractivity contribution in [1.82, 2.24) is 10.2 Å². The summed E-state index contributed by atoms with van der Waals surface area (Å²) in [7, 11) is -4.14. The average Bonchev–Trinajstić information content (AvgIpc) is 2.97. The Morgan fingerprint density at radius 1 is 0.750 bits per heavy atom. The van der Waals surface area contributed by atoms with E-state index < -0.39 is 34.1 Å². The van der Waals surface area contributed by atoms with Gasteiger partial charge in [-0.3, -0.25) is 13.9 Å². The lowest BCUT2D eigenvalue weighted by Crippen LogP contribution is -2.56. The van der Waals surface area contributed by atoms with Gasteiger partial charge in [-0.2, -0.15) is 0 Å². The number of benzene rings is 4. The van der Waals surface area contributed by atoms with E-state index in [9.17, 15) is 18.0 Å². The molecule has 0 unspecified atom stereocenters. The molecule has 0 aliphatic heterocycles. The Balaban J connectivity index is 1.82. The molecule has 0 aliphatic carbocycles. The molecule has 1 N–H and O–H groups in total. The van der Waals surface area contributed by atoms with Crippen LogP contribution in [0.3, 0.4) is 0 Å². The molecular formula is C36H41N3O4S. The van der Waals surface area contributed by atoms with Crippen molar-refractivity contribution in [3.8, 4) is 0 Å². The van der Waals surface area contributed by atoms with Gasteiger partial charge in [0, 0.05) is 18.5 Å². The third kappa shape index (κ3) is 8.57. The number of sulfonamides is 1. The molecule has 0 fully saturated rings. The lowest BCUT2D eigenvalue weighted by Gasteiger charge is -2.35. The molecule has 1 atom stereocenters. The highest BCUT2D eigenvalue weighted by Gasteiger charge is 2.35. The average molecular weight is 612 g/mol. The van der Waals surface area contributed by atoms with E-state index in [1.807, 2.05) is 101 Å². The van der Waals surface area contributed by atoms with Crippen LogP contribution in [0.25, 0.3) is 0 Å². The minimum Gasteiger partial charge on any atom is -0.350 e. The van der Waals surface area contributed by atoms with Gasteiger partial charge in [-0.1, -0.05) is 84.9 Å². The largest absolute Gasteiger partial charge is 0.350 e. The zero-order valence-corrected chi connectivity index (χ0v) is 26.8. The van der Waals surface area contributed by atoms with Gasteiger partial charge in [-0.05, 0) is 81.1 Å². The third-order valence-corrected chi connectivity index (χ3v) is 8.86. The van der Waals surface area contributed by atoms with E-state index in [0.717, 1.165) is 26.6 Å². The van der Waals surface area contributed by atoms with E-state index in [-0.39, 0.29) is 23.8 Å². The van der Waals surface area contributed by atoms with Gasteiger partial charge >= 0.3 is 0 Å². The van der Waals surface area contributed by atoms with E-state index in [0.29, 0.717) is 5.69 Å². The van der Waals surface area contributed by atoms with Crippen LogP contribution in [0.2, 0.25) is 0 Å². The van der Waals surface area contributed by atoms with Crippen LogP contribution in [-0.4, -0.2) is 43.3 Å². The fraction of sp³-hybridized carbons (Fsp3) is 0.278. The summed E-state index contributed by atoms with van der Waals surface area (Å²) < 4.78 is 29.4. The second-order valence-corrected chi connectivity index (χ2v) is 14.0. The second-order valence-electron chi connectivity index (χ2n) is 12.1. The maximum Gasteiger partial charge on any atom is 0.264 e. The number of anilines is 1. The van der Waals surface area contributed by atoms with Crippen molar-refractivity contribution in [3.05, 3.63) is 131 Å². The maximum atomic E-state index is 14.5. The van der Waals surface area contributed by atoms with Gasteiger partial charge in [0.1, 0.15) is 12.6 Å². The van der Waals surface area contributed by atoms with Gasteiger partial charge in [-0.15, -0.1) is 0 Å². The highest BCUT2D eigenvalue weighted by Crippen LogP contribution is 2.27. The molecule has 0 saturated carbocycles. The summed E-state index contributed by atoms with van der Waals surface area (Å²) >= 11 is 0. The number of rotatable bonds is 11. The van der Waals surface area contributed by atoms with Gasteiger partial charge in [0.05, 0.1) is 10.6 Å². The smallest absolute Gasteiger partial charge is 0.264 e. The predicted molar refractivity (Wildman–Crippen MR) is 176 cm³/mol.